The van der Waals surface area contributed by atoms with Gasteiger partial charge in [-0.05, 0) is 38.6 Å². The molecule has 0 unspecified atom stereocenters. The zero-order valence-corrected chi connectivity index (χ0v) is 13.7. The van der Waals surface area contributed by atoms with Gasteiger partial charge in [-0.15, -0.1) is 0 Å². The number of fused-ring (bicyclic) bond motifs is 1. The fourth-order valence-electron chi connectivity index (χ4n) is 2.91. The summed E-state index contributed by atoms with van der Waals surface area (Å²) < 4.78 is 0. The van der Waals surface area contributed by atoms with Gasteiger partial charge < -0.3 is 15.1 Å². The topological polar surface area (TPSA) is 64.3 Å². The Morgan fingerprint density at radius 2 is 1.96 bits per heavy atom. The molecule has 0 saturated carbocycles. The predicted molar refractivity (Wildman–Crippen MR) is 94.0 cm³/mol. The molecule has 1 aromatic carbocycles. The van der Waals surface area contributed by atoms with Crippen molar-refractivity contribution in [2.24, 2.45) is 0 Å². The van der Waals surface area contributed by atoms with E-state index in [1.54, 1.807) is 6.07 Å². The average Bonchev–Trinajstić information content (AvgIpc) is 2.56. The third kappa shape index (κ3) is 4.30. The van der Waals surface area contributed by atoms with E-state index in [2.05, 4.69) is 32.1 Å². The van der Waals surface area contributed by atoms with Gasteiger partial charge in [0.1, 0.15) is 0 Å². The molecular formula is C17H25N5O. The first-order valence-electron chi connectivity index (χ1n) is 8.36. The molecule has 2 heterocycles. The third-order valence-electron chi connectivity index (χ3n) is 4.40. The van der Waals surface area contributed by atoms with Crippen LogP contribution >= 0.6 is 0 Å². The Labute approximate surface area is 136 Å². The molecule has 0 bridgehead atoms. The van der Waals surface area contributed by atoms with Gasteiger partial charge >= 0.3 is 0 Å². The zero-order valence-electron chi connectivity index (χ0n) is 13.7. The smallest absolute Gasteiger partial charge is 0.260 e. The zero-order chi connectivity index (χ0) is 16.1. The van der Waals surface area contributed by atoms with Gasteiger partial charge in [0.05, 0.1) is 10.9 Å². The largest absolute Gasteiger partial charge is 0.356 e. The first-order valence-corrected chi connectivity index (χ1v) is 8.36. The number of anilines is 1. The summed E-state index contributed by atoms with van der Waals surface area (Å²) in [5, 5.41) is 3.86. The molecule has 0 radical (unpaired) electrons. The predicted octanol–water partition coefficient (Wildman–Crippen LogP) is 1.36. The summed E-state index contributed by atoms with van der Waals surface area (Å²) in [6.45, 7) is 6.65. The van der Waals surface area contributed by atoms with Crippen molar-refractivity contribution in [3.05, 3.63) is 34.6 Å². The van der Waals surface area contributed by atoms with E-state index in [-0.39, 0.29) is 5.56 Å². The van der Waals surface area contributed by atoms with Gasteiger partial charge in [-0.25, -0.2) is 4.98 Å². The first kappa shape index (κ1) is 16.0. The summed E-state index contributed by atoms with van der Waals surface area (Å²) in [6, 6.07) is 7.41. The second kappa shape index (κ2) is 7.57. The summed E-state index contributed by atoms with van der Waals surface area (Å²) >= 11 is 0. The van der Waals surface area contributed by atoms with Gasteiger partial charge in [-0.3, -0.25) is 9.78 Å². The van der Waals surface area contributed by atoms with Crippen molar-refractivity contribution in [2.75, 3.05) is 51.6 Å². The number of nitrogens with zero attached hydrogens (tertiary/aromatic N) is 3. The van der Waals surface area contributed by atoms with E-state index in [0.29, 0.717) is 11.3 Å². The van der Waals surface area contributed by atoms with E-state index in [4.69, 9.17) is 0 Å². The number of rotatable bonds is 6. The average molecular weight is 315 g/mol. The summed E-state index contributed by atoms with van der Waals surface area (Å²) in [6.07, 6.45) is 2.23. The second-order valence-electron chi connectivity index (χ2n) is 6.21. The lowest BCUT2D eigenvalue weighted by Crippen LogP contribution is -2.44. The van der Waals surface area contributed by atoms with E-state index in [1.165, 1.54) is 26.2 Å². The van der Waals surface area contributed by atoms with E-state index in [0.717, 1.165) is 31.4 Å². The highest BCUT2D eigenvalue weighted by Crippen LogP contribution is 2.08. The number of likely N-dealkylation sites (N-methyl/N-ethyl adjacent to an activating group) is 1. The van der Waals surface area contributed by atoms with Crippen LogP contribution in [-0.2, 0) is 0 Å². The molecule has 1 aromatic heterocycles. The SMILES string of the molecule is CN1CCN(CCCCNc2nc3ccccc3c(=O)[nH]2)CC1. The molecule has 6 nitrogen and oxygen atoms in total. The van der Waals surface area contributed by atoms with E-state index in [9.17, 15) is 4.79 Å². The summed E-state index contributed by atoms with van der Waals surface area (Å²) in [4.78, 5) is 24.1. The van der Waals surface area contributed by atoms with Gasteiger partial charge in [-0.1, -0.05) is 12.1 Å². The van der Waals surface area contributed by atoms with Gasteiger partial charge in [0.15, 0.2) is 0 Å². The molecule has 1 aliphatic rings. The quantitative estimate of drug-likeness (QED) is 0.788. The molecule has 1 saturated heterocycles. The number of piperazine rings is 1. The van der Waals surface area contributed by atoms with Crippen LogP contribution in [0.5, 0.6) is 0 Å². The van der Waals surface area contributed by atoms with Crippen molar-refractivity contribution in [1.82, 2.24) is 19.8 Å². The highest BCUT2D eigenvalue weighted by Gasteiger charge is 2.12. The molecule has 1 aliphatic heterocycles. The number of benzene rings is 1. The van der Waals surface area contributed by atoms with E-state index < -0.39 is 0 Å². The van der Waals surface area contributed by atoms with Crippen LogP contribution in [0.3, 0.4) is 0 Å². The monoisotopic (exact) mass is 315 g/mol. The Bertz CT molecular complexity index is 691. The number of H-pyrrole nitrogens is 1. The Morgan fingerprint density at radius 3 is 2.78 bits per heavy atom. The maximum Gasteiger partial charge on any atom is 0.260 e. The number of aromatic amines is 1. The van der Waals surface area contributed by atoms with Crippen molar-refractivity contribution >= 4 is 16.9 Å². The lowest BCUT2D eigenvalue weighted by molar-refractivity contribution is 0.152. The molecule has 0 aliphatic carbocycles. The number of hydrogen-bond donors (Lipinski definition) is 2. The standard InChI is InChI=1S/C17H25N5O/c1-21-10-12-22(13-11-21)9-5-4-8-18-17-19-15-7-3-2-6-14(15)16(23)20-17/h2-3,6-7H,4-5,8-13H2,1H3,(H2,18,19,20,23). The van der Waals surface area contributed by atoms with Crippen molar-refractivity contribution in [1.29, 1.82) is 0 Å². The Morgan fingerprint density at radius 1 is 1.17 bits per heavy atom. The molecular weight excluding hydrogens is 290 g/mol. The fraction of sp³-hybridized carbons (Fsp3) is 0.529. The molecule has 1 fully saturated rings. The molecule has 0 spiro atoms. The number of aromatic nitrogens is 2. The highest BCUT2D eigenvalue weighted by molar-refractivity contribution is 5.78. The summed E-state index contributed by atoms with van der Waals surface area (Å²) in [7, 11) is 2.18. The Hall–Kier alpha value is -1.92. The van der Waals surface area contributed by atoms with Crippen LogP contribution in [0.15, 0.2) is 29.1 Å². The van der Waals surface area contributed by atoms with E-state index >= 15 is 0 Å². The Balaban J connectivity index is 1.43. The van der Waals surface area contributed by atoms with Crippen molar-refractivity contribution in [2.45, 2.75) is 12.8 Å². The minimum atomic E-state index is -0.0875. The van der Waals surface area contributed by atoms with Crippen LogP contribution in [0.1, 0.15) is 12.8 Å². The van der Waals surface area contributed by atoms with Crippen LogP contribution in [0.2, 0.25) is 0 Å². The number of para-hydroxylation sites is 1. The molecule has 124 valence electrons. The first-order chi connectivity index (χ1) is 11.2. The molecule has 2 N–H and O–H groups in total. The van der Waals surface area contributed by atoms with E-state index in [1.807, 2.05) is 18.2 Å². The van der Waals surface area contributed by atoms with Crippen LogP contribution in [0.4, 0.5) is 5.95 Å². The fourth-order valence-corrected chi connectivity index (χ4v) is 2.91. The molecule has 23 heavy (non-hydrogen) atoms. The molecule has 6 heteroatoms. The maximum atomic E-state index is 12.0. The molecule has 0 atom stereocenters. The van der Waals surface area contributed by atoms with Crippen molar-refractivity contribution < 1.29 is 0 Å². The number of hydrogen-bond acceptors (Lipinski definition) is 5. The minimum Gasteiger partial charge on any atom is -0.356 e. The Kier molecular flexibility index (Phi) is 5.25. The molecule has 3 rings (SSSR count). The van der Waals surface area contributed by atoms with Gasteiger partial charge in [-0.2, -0.15) is 0 Å². The normalized spacial score (nSPS) is 16.7. The van der Waals surface area contributed by atoms with Gasteiger partial charge in [0.25, 0.3) is 5.56 Å². The van der Waals surface area contributed by atoms with Crippen LogP contribution in [0, 0.1) is 0 Å². The lowest BCUT2D eigenvalue weighted by Gasteiger charge is -2.32. The van der Waals surface area contributed by atoms with Crippen LogP contribution in [-0.4, -0.2) is 66.1 Å². The maximum absolute atomic E-state index is 12.0. The van der Waals surface area contributed by atoms with Gasteiger partial charge in [0, 0.05) is 32.7 Å². The summed E-state index contributed by atoms with van der Waals surface area (Å²) in [5.41, 5.74) is 0.645. The highest BCUT2D eigenvalue weighted by atomic mass is 16.1. The third-order valence-corrected chi connectivity index (χ3v) is 4.40. The minimum absolute atomic E-state index is 0.0875. The molecule has 0 amide bonds. The van der Waals surface area contributed by atoms with Crippen LogP contribution in [0.25, 0.3) is 10.9 Å². The van der Waals surface area contributed by atoms with Gasteiger partial charge in [0.2, 0.25) is 5.95 Å². The molecule has 2 aromatic rings. The second-order valence-corrected chi connectivity index (χ2v) is 6.21. The van der Waals surface area contributed by atoms with Crippen molar-refractivity contribution in [3.8, 4) is 0 Å². The lowest BCUT2D eigenvalue weighted by atomic mass is 10.2. The van der Waals surface area contributed by atoms with Crippen LogP contribution < -0.4 is 10.9 Å². The summed E-state index contributed by atoms with van der Waals surface area (Å²) in [5.74, 6) is 0.563. The number of nitrogens with one attached hydrogen (secondary N) is 2. The number of unbranched alkanes of at least 4 members (excludes halogenated alkanes) is 1. The van der Waals surface area contributed by atoms with Crippen molar-refractivity contribution in [3.63, 3.8) is 0 Å².